The smallest absolute Gasteiger partial charge is 0.321 e. The number of nitrogens with zero attached hydrogens (tertiary/aromatic N) is 1. The van der Waals surface area contributed by atoms with Crippen LogP contribution in [0.15, 0.2) is 48.5 Å². The number of ketones is 1. The number of nitrogens with one attached hydrogen (secondary N) is 2. The molecule has 2 aromatic rings. The molecule has 4 rings (SSSR count). The van der Waals surface area contributed by atoms with Crippen LogP contribution < -0.4 is 20.1 Å². The average Bonchev–Trinajstić information content (AvgIpc) is 2.84. The van der Waals surface area contributed by atoms with Gasteiger partial charge in [-0.2, -0.15) is 0 Å². The third kappa shape index (κ3) is 4.75. The number of piperidine rings is 1. The molecule has 0 unspecified atom stereocenters. The van der Waals surface area contributed by atoms with Crippen molar-refractivity contribution in [2.45, 2.75) is 18.9 Å². The highest BCUT2D eigenvalue weighted by Crippen LogP contribution is 2.33. The van der Waals surface area contributed by atoms with E-state index in [1.165, 1.54) is 7.05 Å². The fourth-order valence-electron chi connectivity index (χ4n) is 4.26. The molecule has 1 fully saturated rings. The fourth-order valence-corrected chi connectivity index (χ4v) is 4.26. The first-order valence-corrected chi connectivity index (χ1v) is 10.8. The van der Waals surface area contributed by atoms with Gasteiger partial charge in [0.1, 0.15) is 19.3 Å². The maximum Gasteiger partial charge on any atom is 0.321 e. The predicted octanol–water partition coefficient (Wildman–Crippen LogP) is 2.55. The number of rotatable bonds is 5. The number of benzene rings is 2. The largest absolute Gasteiger partial charge is 0.486 e. The van der Waals surface area contributed by atoms with Gasteiger partial charge in [-0.1, -0.05) is 30.3 Å². The number of imide groups is 1. The molecule has 0 saturated carbocycles. The summed E-state index contributed by atoms with van der Waals surface area (Å²) < 4.78 is 11.1. The zero-order valence-corrected chi connectivity index (χ0v) is 18.0. The summed E-state index contributed by atoms with van der Waals surface area (Å²) >= 11 is 0. The Morgan fingerprint density at radius 2 is 1.66 bits per heavy atom. The predicted molar refractivity (Wildman–Crippen MR) is 118 cm³/mol. The number of fused-ring (bicyclic) bond motifs is 1. The molecule has 8 heteroatoms. The lowest BCUT2D eigenvalue weighted by molar-refractivity contribution is -0.126. The van der Waals surface area contributed by atoms with Crippen LogP contribution >= 0.6 is 0 Å². The van der Waals surface area contributed by atoms with Crippen LogP contribution in [0.25, 0.3) is 0 Å². The summed E-state index contributed by atoms with van der Waals surface area (Å²) in [6, 6.07) is 13.6. The van der Waals surface area contributed by atoms with Crippen molar-refractivity contribution >= 4 is 17.7 Å². The maximum atomic E-state index is 13.1. The molecule has 3 amide bonds. The Morgan fingerprint density at radius 3 is 2.34 bits per heavy atom. The molecule has 0 spiro atoms. The Labute approximate surface area is 186 Å². The van der Waals surface area contributed by atoms with Gasteiger partial charge in [0.15, 0.2) is 17.3 Å². The van der Waals surface area contributed by atoms with Crippen LogP contribution in [0, 0.1) is 5.92 Å². The van der Waals surface area contributed by atoms with E-state index in [1.807, 2.05) is 35.2 Å². The van der Waals surface area contributed by atoms with E-state index in [2.05, 4.69) is 10.6 Å². The van der Waals surface area contributed by atoms with Crippen molar-refractivity contribution in [1.82, 2.24) is 15.5 Å². The fraction of sp³-hybridized carbons (Fsp3) is 0.375. The quantitative estimate of drug-likeness (QED) is 0.698. The monoisotopic (exact) mass is 437 g/mol. The highest BCUT2D eigenvalue weighted by atomic mass is 16.6. The number of amides is 3. The van der Waals surface area contributed by atoms with Gasteiger partial charge in [0, 0.05) is 18.5 Å². The van der Waals surface area contributed by atoms with Crippen molar-refractivity contribution < 1.29 is 23.9 Å². The van der Waals surface area contributed by atoms with E-state index in [1.54, 1.807) is 18.2 Å². The van der Waals surface area contributed by atoms with E-state index in [9.17, 15) is 14.4 Å². The van der Waals surface area contributed by atoms with Crippen molar-refractivity contribution in [3.05, 3.63) is 59.7 Å². The number of urea groups is 1. The van der Waals surface area contributed by atoms with Gasteiger partial charge < -0.3 is 14.8 Å². The Hall–Kier alpha value is -3.39. The minimum absolute atomic E-state index is 0.0766. The van der Waals surface area contributed by atoms with Gasteiger partial charge in [0.25, 0.3) is 0 Å². The number of carbonyl (C=O) groups is 3. The summed E-state index contributed by atoms with van der Waals surface area (Å²) in [5.74, 6) is 0.831. The topological polar surface area (TPSA) is 97.0 Å². The molecule has 1 atom stereocenters. The van der Waals surface area contributed by atoms with E-state index in [4.69, 9.17) is 9.47 Å². The first-order chi connectivity index (χ1) is 15.6. The molecule has 2 aliphatic rings. The second-order valence-corrected chi connectivity index (χ2v) is 7.91. The van der Waals surface area contributed by atoms with Crippen LogP contribution in [0.4, 0.5) is 4.79 Å². The maximum absolute atomic E-state index is 13.1. The van der Waals surface area contributed by atoms with Crippen LogP contribution in [0.1, 0.15) is 34.8 Å². The molecule has 0 aromatic heterocycles. The van der Waals surface area contributed by atoms with Gasteiger partial charge in [-0.15, -0.1) is 0 Å². The molecule has 8 nitrogen and oxygen atoms in total. The zero-order chi connectivity index (χ0) is 22.5. The molecule has 2 N–H and O–H groups in total. The summed E-state index contributed by atoms with van der Waals surface area (Å²) in [7, 11) is 1.47. The number of likely N-dealkylation sites (tertiary alicyclic amines) is 1. The molecule has 32 heavy (non-hydrogen) atoms. The van der Waals surface area contributed by atoms with Gasteiger partial charge >= 0.3 is 6.03 Å². The van der Waals surface area contributed by atoms with Crippen molar-refractivity contribution in [2.24, 2.45) is 5.92 Å². The van der Waals surface area contributed by atoms with Gasteiger partial charge in [-0.25, -0.2) is 4.79 Å². The second kappa shape index (κ2) is 9.82. The summed E-state index contributed by atoms with van der Waals surface area (Å²) in [6.07, 6.45) is 1.26. The molecule has 2 heterocycles. The molecular weight excluding hydrogens is 410 g/mol. The van der Waals surface area contributed by atoms with Crippen LogP contribution in [0.3, 0.4) is 0 Å². The SMILES string of the molecule is CNC(=O)NC(=O)[C@@H](c1ccccc1)N1CCC(C(=O)c2ccc3c(c2)OCCO3)CC1. The van der Waals surface area contributed by atoms with Crippen molar-refractivity contribution in [2.75, 3.05) is 33.4 Å². The number of Topliss-reactive ketones (excluding diaryl/α,β-unsaturated/α-hetero) is 1. The lowest BCUT2D eigenvalue weighted by atomic mass is 9.87. The van der Waals surface area contributed by atoms with Crippen LogP contribution in [-0.4, -0.2) is 56.0 Å². The minimum Gasteiger partial charge on any atom is -0.486 e. The Bertz CT molecular complexity index is 986. The molecule has 0 radical (unpaired) electrons. The first-order valence-electron chi connectivity index (χ1n) is 10.8. The molecular formula is C24H27N3O5. The number of ether oxygens (including phenoxy) is 2. The van der Waals surface area contributed by atoms with E-state index in [-0.39, 0.29) is 17.6 Å². The Morgan fingerprint density at radius 1 is 0.969 bits per heavy atom. The molecule has 0 bridgehead atoms. The van der Waals surface area contributed by atoms with E-state index in [0.717, 1.165) is 5.56 Å². The summed E-state index contributed by atoms with van der Waals surface area (Å²) in [5, 5.41) is 4.80. The van der Waals surface area contributed by atoms with Gasteiger partial charge in [-0.05, 0) is 49.7 Å². The average molecular weight is 437 g/mol. The van der Waals surface area contributed by atoms with Crippen molar-refractivity contribution in [1.29, 1.82) is 0 Å². The minimum atomic E-state index is -0.598. The van der Waals surface area contributed by atoms with Gasteiger partial charge in [0.05, 0.1) is 0 Å². The summed E-state index contributed by atoms with van der Waals surface area (Å²) in [6.45, 7) is 2.13. The molecule has 168 valence electrons. The molecule has 1 saturated heterocycles. The molecule has 2 aliphatic heterocycles. The lowest BCUT2D eigenvalue weighted by Gasteiger charge is -2.36. The van der Waals surface area contributed by atoms with E-state index >= 15 is 0 Å². The Kier molecular flexibility index (Phi) is 6.70. The number of carbonyl (C=O) groups excluding carboxylic acids is 3. The second-order valence-electron chi connectivity index (χ2n) is 7.91. The zero-order valence-electron chi connectivity index (χ0n) is 18.0. The normalized spacial score (nSPS) is 17.3. The lowest BCUT2D eigenvalue weighted by Crippen LogP contribution is -2.48. The van der Waals surface area contributed by atoms with Crippen LogP contribution in [0.5, 0.6) is 11.5 Å². The third-order valence-electron chi connectivity index (χ3n) is 5.92. The van der Waals surface area contributed by atoms with Crippen LogP contribution in [-0.2, 0) is 4.79 Å². The number of hydrogen-bond acceptors (Lipinski definition) is 6. The summed E-state index contributed by atoms with van der Waals surface area (Å²) in [5.41, 5.74) is 1.43. The van der Waals surface area contributed by atoms with Crippen LogP contribution in [0.2, 0.25) is 0 Å². The standard InChI is InChI=1S/C24H27N3O5/c1-25-24(30)26-23(29)21(16-5-3-2-4-6-16)27-11-9-17(10-12-27)22(28)18-7-8-19-20(15-18)32-14-13-31-19/h2-8,15,17,21H,9-14H2,1H3,(H2,25,26,29,30)/t21-/m1/s1. The number of hydrogen-bond donors (Lipinski definition) is 2. The van der Waals surface area contributed by atoms with Crippen molar-refractivity contribution in [3.8, 4) is 11.5 Å². The first kappa shape index (κ1) is 21.8. The van der Waals surface area contributed by atoms with Gasteiger partial charge in [-0.3, -0.25) is 19.8 Å². The van der Waals surface area contributed by atoms with Gasteiger partial charge in [0.2, 0.25) is 5.91 Å². The van der Waals surface area contributed by atoms with E-state index in [0.29, 0.717) is 56.2 Å². The molecule has 2 aromatic carbocycles. The molecule has 0 aliphatic carbocycles. The highest BCUT2D eigenvalue weighted by Gasteiger charge is 2.34. The van der Waals surface area contributed by atoms with Crippen molar-refractivity contribution in [3.63, 3.8) is 0 Å². The Balaban J connectivity index is 1.45. The third-order valence-corrected chi connectivity index (χ3v) is 5.92. The highest BCUT2D eigenvalue weighted by molar-refractivity contribution is 5.99. The van der Waals surface area contributed by atoms with E-state index < -0.39 is 12.1 Å². The summed E-state index contributed by atoms with van der Waals surface area (Å²) in [4.78, 5) is 39.7.